The van der Waals surface area contributed by atoms with Gasteiger partial charge in [0.15, 0.2) is 0 Å². The number of hydrogen-bond acceptors (Lipinski definition) is 10. The molecule has 2 saturated heterocycles. The van der Waals surface area contributed by atoms with E-state index in [0.717, 1.165) is 23.5 Å². The van der Waals surface area contributed by atoms with Crippen molar-refractivity contribution in [3.8, 4) is 0 Å². The van der Waals surface area contributed by atoms with E-state index >= 15 is 0 Å². The van der Waals surface area contributed by atoms with E-state index in [0.29, 0.717) is 57.5 Å². The Morgan fingerprint density at radius 3 is 2.43 bits per heavy atom. The zero-order valence-corrected chi connectivity index (χ0v) is 29.1. The van der Waals surface area contributed by atoms with Crippen molar-refractivity contribution < 1.29 is 24.0 Å². The first-order valence-corrected chi connectivity index (χ1v) is 17.9. The first kappa shape index (κ1) is 34.2. The van der Waals surface area contributed by atoms with Gasteiger partial charge in [0.2, 0.25) is 5.95 Å². The zero-order valence-electron chi connectivity index (χ0n) is 28.2. The van der Waals surface area contributed by atoms with Crippen molar-refractivity contribution in [3.05, 3.63) is 81.0 Å². The number of amides is 1. The Bertz CT molecular complexity index is 1750. The van der Waals surface area contributed by atoms with Crippen LogP contribution in [0.1, 0.15) is 52.0 Å². The van der Waals surface area contributed by atoms with Crippen molar-refractivity contribution in [1.82, 2.24) is 14.5 Å². The van der Waals surface area contributed by atoms with Crippen LogP contribution in [0.5, 0.6) is 0 Å². The van der Waals surface area contributed by atoms with Gasteiger partial charge in [-0.1, -0.05) is 24.3 Å². The lowest BCUT2D eigenvalue weighted by molar-refractivity contribution is -0.384. The van der Waals surface area contributed by atoms with Crippen molar-refractivity contribution in [2.75, 3.05) is 43.0 Å². The van der Waals surface area contributed by atoms with Crippen LogP contribution in [0.25, 0.3) is 11.0 Å². The molecule has 260 valence electrons. The van der Waals surface area contributed by atoms with E-state index in [9.17, 15) is 19.7 Å². The maximum atomic E-state index is 13.5. The van der Waals surface area contributed by atoms with E-state index in [1.165, 1.54) is 11.6 Å². The Hall–Kier alpha value is -4.65. The minimum atomic E-state index is -0.590. The molecule has 0 aliphatic carbocycles. The van der Waals surface area contributed by atoms with Crippen LogP contribution in [0, 0.1) is 22.0 Å². The molecule has 2 aliphatic rings. The predicted octanol–water partition coefficient (Wildman–Crippen LogP) is 6.94. The van der Waals surface area contributed by atoms with Crippen molar-refractivity contribution in [2.45, 2.75) is 64.6 Å². The average molecular weight is 689 g/mol. The molecule has 4 aromatic rings. The third kappa shape index (κ3) is 8.33. The van der Waals surface area contributed by atoms with E-state index in [-0.39, 0.29) is 42.2 Å². The minimum absolute atomic E-state index is 0.0179. The standard InChI is InChI=1S/C36H44N6O6S/c1-36(2,3)48-35(44)40-19-12-26(13-20-40)30(37-29-9-5-7-11-32(29)42(45)46)23-47-33(43)27-14-17-39(18-15-27)34-38-28-8-4-6-10-31(28)41(34)22-25-16-21-49-24-25/h4-11,16,21,24,26-27,30,37H,12-15,17-20,22-23H2,1-3H3/t30-/m1/s1. The number of para-hydroxylation sites is 4. The number of nitro groups is 1. The van der Waals surface area contributed by atoms with E-state index in [1.807, 2.05) is 39.0 Å². The second-order valence-corrected chi connectivity index (χ2v) is 14.6. The maximum Gasteiger partial charge on any atom is 0.410 e. The molecule has 0 bridgehead atoms. The van der Waals surface area contributed by atoms with Gasteiger partial charge in [-0.2, -0.15) is 11.3 Å². The van der Waals surface area contributed by atoms with Crippen LogP contribution in [0.15, 0.2) is 65.4 Å². The summed E-state index contributed by atoms with van der Waals surface area (Å²) in [6, 6.07) is 16.4. The van der Waals surface area contributed by atoms with Gasteiger partial charge in [-0.3, -0.25) is 14.9 Å². The number of likely N-dealkylation sites (tertiary alicyclic amines) is 1. The van der Waals surface area contributed by atoms with Gasteiger partial charge >= 0.3 is 12.1 Å². The van der Waals surface area contributed by atoms with Gasteiger partial charge in [0.1, 0.15) is 17.9 Å². The SMILES string of the molecule is CC(C)(C)OC(=O)N1CCC([C@@H](COC(=O)C2CCN(c3nc4ccccc4n3Cc3ccsc3)CC2)Nc2ccccc2[N+](=O)[O-])CC1. The Morgan fingerprint density at radius 2 is 1.73 bits per heavy atom. The number of fused-ring (bicyclic) bond motifs is 1. The van der Waals surface area contributed by atoms with Gasteiger partial charge in [-0.25, -0.2) is 9.78 Å². The summed E-state index contributed by atoms with van der Waals surface area (Å²) >= 11 is 1.68. The third-order valence-corrected chi connectivity index (χ3v) is 10.0. The molecule has 2 aliphatic heterocycles. The largest absolute Gasteiger partial charge is 0.463 e. The number of imidazole rings is 1. The number of aromatic nitrogens is 2. The van der Waals surface area contributed by atoms with E-state index in [2.05, 4.69) is 37.7 Å². The molecule has 12 nitrogen and oxygen atoms in total. The molecule has 0 unspecified atom stereocenters. The lowest BCUT2D eigenvalue weighted by Crippen LogP contribution is -2.46. The van der Waals surface area contributed by atoms with Crippen molar-refractivity contribution >= 4 is 51.8 Å². The lowest BCUT2D eigenvalue weighted by Gasteiger charge is -2.37. The van der Waals surface area contributed by atoms with E-state index in [4.69, 9.17) is 14.5 Å². The second-order valence-electron chi connectivity index (χ2n) is 13.8. The number of nitrogens with one attached hydrogen (secondary N) is 1. The molecule has 13 heteroatoms. The van der Waals surface area contributed by atoms with E-state index < -0.39 is 10.5 Å². The molecule has 1 N–H and O–H groups in total. The number of ether oxygens (including phenoxy) is 2. The van der Waals surface area contributed by atoms with Gasteiger partial charge in [-0.15, -0.1) is 0 Å². The summed E-state index contributed by atoms with van der Waals surface area (Å²) in [7, 11) is 0. The number of rotatable bonds is 10. The molecule has 6 rings (SSSR count). The summed E-state index contributed by atoms with van der Waals surface area (Å²) in [6.07, 6.45) is 2.20. The summed E-state index contributed by atoms with van der Waals surface area (Å²) in [4.78, 5) is 46.4. The normalized spacial score (nSPS) is 16.8. The monoisotopic (exact) mass is 688 g/mol. The molecule has 0 saturated carbocycles. The quantitative estimate of drug-likeness (QED) is 0.107. The molecule has 1 amide bonds. The van der Waals surface area contributed by atoms with Gasteiger partial charge in [0.05, 0.1) is 34.5 Å². The molecular formula is C36H44N6O6S. The number of carbonyl (C=O) groups excluding carboxylic acids is 2. The fourth-order valence-electron chi connectivity index (χ4n) is 6.69. The highest BCUT2D eigenvalue weighted by molar-refractivity contribution is 7.07. The Balaban J connectivity index is 1.10. The smallest absolute Gasteiger partial charge is 0.410 e. The fraction of sp³-hybridized carbons (Fsp3) is 0.472. The number of anilines is 2. The van der Waals surface area contributed by atoms with Crippen LogP contribution in [0.4, 0.5) is 22.1 Å². The molecule has 49 heavy (non-hydrogen) atoms. The number of piperidine rings is 2. The van der Waals surface area contributed by atoms with Crippen LogP contribution in [0.2, 0.25) is 0 Å². The maximum absolute atomic E-state index is 13.5. The molecule has 0 radical (unpaired) electrons. The molecule has 1 atom stereocenters. The Labute approximate surface area is 290 Å². The van der Waals surface area contributed by atoms with Crippen LogP contribution in [-0.4, -0.2) is 75.9 Å². The molecule has 0 spiro atoms. The average Bonchev–Trinajstić information content (AvgIpc) is 3.74. The first-order chi connectivity index (χ1) is 23.6. The van der Waals surface area contributed by atoms with Crippen molar-refractivity contribution in [1.29, 1.82) is 0 Å². The number of nitrogens with zero attached hydrogens (tertiary/aromatic N) is 5. The highest BCUT2D eigenvalue weighted by atomic mass is 32.1. The summed E-state index contributed by atoms with van der Waals surface area (Å²) in [5, 5.41) is 19.3. The van der Waals surface area contributed by atoms with Gasteiger partial charge < -0.3 is 29.2 Å². The Kier molecular flexibility index (Phi) is 10.4. The van der Waals surface area contributed by atoms with Crippen LogP contribution in [-0.2, 0) is 20.8 Å². The molecular weight excluding hydrogens is 644 g/mol. The van der Waals surface area contributed by atoms with Gasteiger partial charge in [-0.05, 0) is 93.0 Å². The predicted molar refractivity (Wildman–Crippen MR) is 190 cm³/mol. The lowest BCUT2D eigenvalue weighted by atomic mass is 9.89. The topological polar surface area (TPSA) is 132 Å². The summed E-state index contributed by atoms with van der Waals surface area (Å²) in [6.45, 7) is 8.63. The Morgan fingerprint density at radius 1 is 1.02 bits per heavy atom. The van der Waals surface area contributed by atoms with E-state index in [1.54, 1.807) is 34.4 Å². The summed E-state index contributed by atoms with van der Waals surface area (Å²) < 4.78 is 13.8. The first-order valence-electron chi connectivity index (χ1n) is 16.9. The number of thiophene rings is 1. The number of esters is 1. The molecule has 2 aromatic carbocycles. The molecule has 2 aromatic heterocycles. The molecule has 4 heterocycles. The minimum Gasteiger partial charge on any atom is -0.463 e. The van der Waals surface area contributed by atoms with Crippen LogP contribution < -0.4 is 10.2 Å². The van der Waals surface area contributed by atoms with Gasteiger partial charge in [0, 0.05) is 32.2 Å². The third-order valence-electron chi connectivity index (χ3n) is 9.27. The van der Waals surface area contributed by atoms with Crippen LogP contribution >= 0.6 is 11.3 Å². The van der Waals surface area contributed by atoms with Gasteiger partial charge in [0.25, 0.3) is 5.69 Å². The highest BCUT2D eigenvalue weighted by Crippen LogP contribution is 2.31. The van der Waals surface area contributed by atoms with Crippen LogP contribution in [0.3, 0.4) is 0 Å². The zero-order chi connectivity index (χ0) is 34.5. The molecule has 2 fully saturated rings. The summed E-state index contributed by atoms with van der Waals surface area (Å²) in [5.74, 6) is 0.411. The fourth-order valence-corrected chi connectivity index (χ4v) is 7.35. The van der Waals surface area contributed by atoms with Crippen molar-refractivity contribution in [2.24, 2.45) is 11.8 Å². The number of carbonyl (C=O) groups is 2. The number of nitro benzene ring substituents is 1. The second kappa shape index (κ2) is 14.9. The van der Waals surface area contributed by atoms with Crippen molar-refractivity contribution in [3.63, 3.8) is 0 Å². The summed E-state index contributed by atoms with van der Waals surface area (Å²) in [5.41, 5.74) is 3.01. The number of hydrogen-bond donors (Lipinski definition) is 1. The number of benzene rings is 2. The highest BCUT2D eigenvalue weighted by Gasteiger charge is 2.34.